The van der Waals surface area contributed by atoms with Gasteiger partial charge in [0.1, 0.15) is 0 Å². The normalized spacial score (nSPS) is 17.0. The van der Waals surface area contributed by atoms with Gasteiger partial charge in [-0.2, -0.15) is 12.6 Å². The molecule has 0 saturated carbocycles. The first-order valence-electron chi connectivity index (χ1n) is 3.82. The maximum Gasteiger partial charge on any atom is 0.0754 e. The molecule has 0 amide bonds. The Kier molecular flexibility index (Phi) is 5.58. The molecule has 0 aliphatic carbocycles. The fraction of sp³-hybridized carbons (Fsp3) is 0.333. The standard InChI is InChI=1S/C9H16N2S/c1-3-5-7(9(11)12)8(10)6-4-2/h3-6,9,12H,10-11H2,1-2H3/b5-3-,6-4-,8-7-. The molecular weight excluding hydrogens is 168 g/mol. The zero-order chi connectivity index (χ0) is 9.56. The van der Waals surface area contributed by atoms with Gasteiger partial charge in [-0.05, 0) is 19.9 Å². The van der Waals surface area contributed by atoms with E-state index >= 15 is 0 Å². The van der Waals surface area contributed by atoms with Crippen LogP contribution in [0.2, 0.25) is 0 Å². The average Bonchev–Trinajstić information content (AvgIpc) is 1.99. The van der Waals surface area contributed by atoms with Crippen LogP contribution >= 0.6 is 12.6 Å². The minimum atomic E-state index is -0.322. The van der Waals surface area contributed by atoms with E-state index in [1.165, 1.54) is 0 Å². The number of rotatable bonds is 3. The van der Waals surface area contributed by atoms with Crippen LogP contribution in [0.1, 0.15) is 13.8 Å². The van der Waals surface area contributed by atoms with Gasteiger partial charge in [0.05, 0.1) is 5.37 Å². The van der Waals surface area contributed by atoms with E-state index in [-0.39, 0.29) is 5.37 Å². The molecule has 0 aromatic carbocycles. The Labute approximate surface area is 79.4 Å². The maximum absolute atomic E-state index is 5.73. The molecule has 0 heterocycles. The van der Waals surface area contributed by atoms with Crippen LogP contribution in [-0.2, 0) is 0 Å². The summed E-state index contributed by atoms with van der Waals surface area (Å²) < 4.78 is 0. The zero-order valence-corrected chi connectivity index (χ0v) is 8.38. The Hall–Kier alpha value is -0.670. The van der Waals surface area contributed by atoms with Gasteiger partial charge in [0.2, 0.25) is 0 Å². The van der Waals surface area contributed by atoms with Crippen LogP contribution in [0, 0.1) is 0 Å². The molecule has 0 radical (unpaired) electrons. The van der Waals surface area contributed by atoms with Gasteiger partial charge in [0, 0.05) is 11.3 Å². The lowest BCUT2D eigenvalue weighted by molar-refractivity contribution is 1.08. The number of thiol groups is 1. The third-order valence-corrected chi connectivity index (χ3v) is 1.62. The fourth-order valence-corrected chi connectivity index (χ4v) is 1.06. The Bertz CT molecular complexity index is 215. The predicted molar refractivity (Wildman–Crippen MR) is 57.8 cm³/mol. The number of hydrogen-bond donors (Lipinski definition) is 3. The lowest BCUT2D eigenvalue weighted by Gasteiger charge is -2.07. The number of allylic oxidation sites excluding steroid dienone is 3. The van der Waals surface area contributed by atoms with Crippen molar-refractivity contribution in [1.29, 1.82) is 0 Å². The van der Waals surface area contributed by atoms with E-state index in [0.717, 1.165) is 5.57 Å². The summed E-state index contributed by atoms with van der Waals surface area (Å²) in [4.78, 5) is 0. The zero-order valence-electron chi connectivity index (χ0n) is 7.49. The van der Waals surface area contributed by atoms with E-state index in [0.29, 0.717) is 5.70 Å². The average molecular weight is 184 g/mol. The molecule has 68 valence electrons. The van der Waals surface area contributed by atoms with Gasteiger partial charge in [-0.1, -0.05) is 18.2 Å². The van der Waals surface area contributed by atoms with Crippen LogP contribution < -0.4 is 11.5 Å². The topological polar surface area (TPSA) is 52.0 Å². The highest BCUT2D eigenvalue weighted by atomic mass is 32.1. The highest BCUT2D eigenvalue weighted by molar-refractivity contribution is 7.81. The Morgan fingerprint density at radius 2 is 1.75 bits per heavy atom. The van der Waals surface area contributed by atoms with Crippen molar-refractivity contribution >= 4 is 12.6 Å². The summed E-state index contributed by atoms with van der Waals surface area (Å²) in [5.41, 5.74) is 12.8. The van der Waals surface area contributed by atoms with Crippen LogP contribution in [0.25, 0.3) is 0 Å². The Morgan fingerprint density at radius 3 is 2.08 bits per heavy atom. The molecule has 0 aromatic rings. The monoisotopic (exact) mass is 184 g/mol. The summed E-state index contributed by atoms with van der Waals surface area (Å²) in [5, 5.41) is -0.322. The molecule has 0 saturated heterocycles. The first-order valence-corrected chi connectivity index (χ1v) is 4.33. The van der Waals surface area contributed by atoms with E-state index in [2.05, 4.69) is 12.6 Å². The van der Waals surface area contributed by atoms with Gasteiger partial charge in [-0.3, -0.25) is 0 Å². The van der Waals surface area contributed by atoms with Gasteiger partial charge in [-0.15, -0.1) is 0 Å². The highest BCUT2D eigenvalue weighted by Gasteiger charge is 2.02. The molecule has 1 unspecified atom stereocenters. The quantitative estimate of drug-likeness (QED) is 0.354. The minimum Gasteiger partial charge on any atom is -0.398 e. The minimum absolute atomic E-state index is 0.322. The van der Waals surface area contributed by atoms with Crippen molar-refractivity contribution in [3.63, 3.8) is 0 Å². The Morgan fingerprint density at radius 1 is 1.25 bits per heavy atom. The van der Waals surface area contributed by atoms with Gasteiger partial charge >= 0.3 is 0 Å². The van der Waals surface area contributed by atoms with Crippen molar-refractivity contribution < 1.29 is 0 Å². The van der Waals surface area contributed by atoms with Gasteiger partial charge in [0.25, 0.3) is 0 Å². The predicted octanol–water partition coefficient (Wildman–Crippen LogP) is 1.57. The molecule has 2 nitrogen and oxygen atoms in total. The number of hydrogen-bond acceptors (Lipinski definition) is 3. The van der Waals surface area contributed by atoms with Crippen molar-refractivity contribution in [1.82, 2.24) is 0 Å². The molecule has 12 heavy (non-hydrogen) atoms. The smallest absolute Gasteiger partial charge is 0.0754 e. The summed E-state index contributed by atoms with van der Waals surface area (Å²) in [7, 11) is 0. The van der Waals surface area contributed by atoms with Gasteiger partial charge in [0.15, 0.2) is 0 Å². The first kappa shape index (κ1) is 11.3. The molecule has 4 N–H and O–H groups in total. The van der Waals surface area contributed by atoms with Gasteiger partial charge < -0.3 is 11.5 Å². The van der Waals surface area contributed by atoms with Crippen molar-refractivity contribution in [3.05, 3.63) is 35.6 Å². The van der Waals surface area contributed by atoms with Crippen molar-refractivity contribution in [2.45, 2.75) is 19.2 Å². The second-order valence-corrected chi connectivity index (χ2v) is 2.91. The summed E-state index contributed by atoms with van der Waals surface area (Å²) in [5.74, 6) is 0. The molecule has 0 spiro atoms. The highest BCUT2D eigenvalue weighted by Crippen LogP contribution is 2.09. The van der Waals surface area contributed by atoms with E-state index in [9.17, 15) is 0 Å². The fourth-order valence-electron chi connectivity index (χ4n) is 0.821. The summed E-state index contributed by atoms with van der Waals surface area (Å²) in [6.07, 6.45) is 7.44. The molecule has 0 aromatic heterocycles. The van der Waals surface area contributed by atoms with Gasteiger partial charge in [-0.25, -0.2) is 0 Å². The first-order chi connectivity index (χ1) is 5.63. The second-order valence-electron chi connectivity index (χ2n) is 2.36. The maximum atomic E-state index is 5.73. The largest absolute Gasteiger partial charge is 0.398 e. The molecule has 0 aliphatic heterocycles. The molecule has 1 atom stereocenters. The molecule has 0 fully saturated rings. The molecule has 0 rings (SSSR count). The van der Waals surface area contributed by atoms with Crippen LogP contribution in [0.15, 0.2) is 35.6 Å². The van der Waals surface area contributed by atoms with E-state index < -0.39 is 0 Å². The van der Waals surface area contributed by atoms with Crippen LogP contribution in [-0.4, -0.2) is 5.37 Å². The Balaban J connectivity index is 4.79. The molecule has 0 aliphatic rings. The van der Waals surface area contributed by atoms with E-state index in [1.807, 2.05) is 38.2 Å². The van der Waals surface area contributed by atoms with E-state index in [1.54, 1.807) is 0 Å². The summed E-state index contributed by atoms with van der Waals surface area (Å²) in [6.45, 7) is 3.82. The molecule has 3 heteroatoms. The van der Waals surface area contributed by atoms with Crippen molar-refractivity contribution in [2.75, 3.05) is 0 Å². The van der Waals surface area contributed by atoms with Crippen LogP contribution in [0.4, 0.5) is 0 Å². The third-order valence-electron chi connectivity index (χ3n) is 1.34. The summed E-state index contributed by atoms with van der Waals surface area (Å²) in [6, 6.07) is 0. The van der Waals surface area contributed by atoms with Crippen LogP contribution in [0.3, 0.4) is 0 Å². The third kappa shape index (κ3) is 3.64. The van der Waals surface area contributed by atoms with E-state index in [4.69, 9.17) is 11.5 Å². The van der Waals surface area contributed by atoms with Crippen molar-refractivity contribution in [2.24, 2.45) is 11.5 Å². The van der Waals surface area contributed by atoms with Crippen LogP contribution in [0.5, 0.6) is 0 Å². The molecular formula is C9H16N2S. The lowest BCUT2D eigenvalue weighted by atomic mass is 10.2. The number of nitrogens with two attached hydrogens (primary N) is 2. The van der Waals surface area contributed by atoms with Crippen molar-refractivity contribution in [3.8, 4) is 0 Å². The molecule has 0 bridgehead atoms. The SMILES string of the molecule is C\C=C/C(N)=C(\C=C/C)C(N)S. The summed E-state index contributed by atoms with van der Waals surface area (Å²) >= 11 is 4.11. The lowest BCUT2D eigenvalue weighted by Crippen LogP contribution is -2.17. The second kappa shape index (κ2) is 5.91.